The van der Waals surface area contributed by atoms with Gasteiger partial charge in [-0.05, 0) is 6.26 Å². The van der Waals surface area contributed by atoms with E-state index in [9.17, 15) is 0 Å². The molecule has 0 atom stereocenters. The minimum Gasteiger partial charge on any atom is -1.00 e. The zero-order valence-corrected chi connectivity index (χ0v) is 12.1. The van der Waals surface area contributed by atoms with E-state index in [-0.39, 0.29) is 24.0 Å². The van der Waals surface area contributed by atoms with Gasteiger partial charge in [-0.2, -0.15) is 0 Å². The topological polar surface area (TPSA) is 29.7 Å². The van der Waals surface area contributed by atoms with Gasteiger partial charge in [0.05, 0.1) is 0 Å². The summed E-state index contributed by atoms with van der Waals surface area (Å²) in [5.41, 5.74) is 2.07. The highest BCUT2D eigenvalue weighted by Crippen LogP contribution is 2.16. The summed E-state index contributed by atoms with van der Waals surface area (Å²) in [7, 11) is 1.91. The van der Waals surface area contributed by atoms with E-state index in [0.717, 1.165) is 16.4 Å². The number of hydrogen-bond acceptors (Lipinski definition) is 3. The molecule has 0 radical (unpaired) electrons. The Balaban J connectivity index is 0.00000128. The van der Waals surface area contributed by atoms with Crippen molar-refractivity contribution in [2.45, 2.75) is 5.16 Å². The van der Waals surface area contributed by atoms with Crippen LogP contribution in [-0.4, -0.2) is 16.3 Å². The summed E-state index contributed by atoms with van der Waals surface area (Å²) in [5, 5.41) is 5.04. The first-order valence-corrected chi connectivity index (χ1v) is 5.86. The fourth-order valence-corrected chi connectivity index (χ4v) is 1.73. The minimum absolute atomic E-state index is 0. The largest absolute Gasteiger partial charge is 1.00 e. The molecule has 0 saturated carbocycles. The molecule has 0 bridgehead atoms. The van der Waals surface area contributed by atoms with Crippen molar-refractivity contribution in [3.8, 4) is 11.3 Å². The van der Waals surface area contributed by atoms with Gasteiger partial charge in [0.15, 0.2) is 7.05 Å². The van der Waals surface area contributed by atoms with Crippen molar-refractivity contribution in [1.82, 2.24) is 10.1 Å². The van der Waals surface area contributed by atoms with Gasteiger partial charge in [0.2, 0.25) is 6.20 Å². The number of nitrogens with zero attached hydrogens (tertiary/aromatic N) is 3. The minimum atomic E-state index is 0. The van der Waals surface area contributed by atoms with Crippen LogP contribution in [0.25, 0.3) is 11.3 Å². The van der Waals surface area contributed by atoms with E-state index >= 15 is 0 Å². The molecule has 84 valence electrons. The van der Waals surface area contributed by atoms with Crippen molar-refractivity contribution in [3.63, 3.8) is 0 Å². The molecule has 0 saturated heterocycles. The number of halogens is 1. The van der Waals surface area contributed by atoms with Gasteiger partial charge in [-0.15, -0.1) is 0 Å². The Morgan fingerprint density at radius 2 is 1.88 bits per heavy atom. The Hall–Kier alpha value is -0.690. The van der Waals surface area contributed by atoms with Crippen LogP contribution < -0.4 is 28.7 Å². The van der Waals surface area contributed by atoms with Crippen molar-refractivity contribution >= 4 is 11.8 Å². The molecule has 1 heterocycles. The van der Waals surface area contributed by atoms with Gasteiger partial charge in [0, 0.05) is 10.7 Å². The fraction of sp³-hybridized carbons (Fsp3) is 0.182. The molecule has 0 fully saturated rings. The number of thioether (sulfide) groups is 1. The number of benzene rings is 1. The van der Waals surface area contributed by atoms with Crippen LogP contribution in [0.1, 0.15) is 0 Å². The van der Waals surface area contributed by atoms with E-state index in [1.165, 1.54) is 0 Å². The lowest BCUT2D eigenvalue weighted by Gasteiger charge is -1.98. The zero-order chi connectivity index (χ0) is 10.7. The molecule has 0 amide bonds. The monoisotopic (exact) mass is 345 g/mol. The van der Waals surface area contributed by atoms with Crippen LogP contribution in [0, 0.1) is 0 Å². The molecule has 2 aromatic rings. The van der Waals surface area contributed by atoms with Crippen LogP contribution in [0.5, 0.6) is 0 Å². The standard InChI is InChI=1S/C11H12N3S.HI/c1-14-8-10(12-11(13-14)15-2)9-6-4-3-5-7-9;/h3-8H,1-2H3;1H/q+1;/p-1. The molecule has 1 aromatic heterocycles. The van der Waals surface area contributed by atoms with Crippen molar-refractivity contribution in [1.29, 1.82) is 0 Å². The van der Waals surface area contributed by atoms with Gasteiger partial charge < -0.3 is 24.0 Å². The second kappa shape index (κ2) is 6.15. The number of hydrogen-bond donors (Lipinski definition) is 0. The summed E-state index contributed by atoms with van der Waals surface area (Å²) < 4.78 is 1.79. The molecular weight excluding hydrogens is 333 g/mol. The van der Waals surface area contributed by atoms with Gasteiger partial charge in [0.1, 0.15) is 5.69 Å². The molecule has 2 rings (SSSR count). The van der Waals surface area contributed by atoms with Crippen LogP contribution in [0.4, 0.5) is 0 Å². The van der Waals surface area contributed by atoms with Crippen molar-refractivity contribution < 1.29 is 28.7 Å². The summed E-state index contributed by atoms with van der Waals surface area (Å²) in [4.78, 5) is 4.45. The summed E-state index contributed by atoms with van der Waals surface area (Å²) in [6.45, 7) is 0. The predicted molar refractivity (Wildman–Crippen MR) is 60.4 cm³/mol. The number of aryl methyl sites for hydroxylation is 1. The summed E-state index contributed by atoms with van der Waals surface area (Å²) in [6.07, 6.45) is 3.90. The second-order valence-corrected chi connectivity index (χ2v) is 3.93. The Labute approximate surface area is 116 Å². The summed E-state index contributed by atoms with van der Waals surface area (Å²) in [5.74, 6) is 0. The average molecular weight is 345 g/mol. The maximum absolute atomic E-state index is 4.45. The van der Waals surface area contributed by atoms with E-state index in [4.69, 9.17) is 0 Å². The van der Waals surface area contributed by atoms with Crippen LogP contribution >= 0.6 is 11.8 Å². The fourth-order valence-electron chi connectivity index (χ4n) is 1.33. The van der Waals surface area contributed by atoms with Gasteiger partial charge in [-0.25, -0.2) is 4.98 Å². The Bertz CT molecular complexity index is 462. The van der Waals surface area contributed by atoms with Crippen LogP contribution in [0.15, 0.2) is 41.7 Å². The molecule has 1 aromatic carbocycles. The number of rotatable bonds is 2. The molecular formula is C11H12IN3S. The molecule has 0 N–H and O–H groups in total. The van der Waals surface area contributed by atoms with E-state index in [1.807, 2.05) is 49.8 Å². The van der Waals surface area contributed by atoms with Gasteiger partial charge in [-0.3, -0.25) is 0 Å². The predicted octanol–water partition coefficient (Wildman–Crippen LogP) is -1.31. The Morgan fingerprint density at radius 1 is 1.19 bits per heavy atom. The van der Waals surface area contributed by atoms with Gasteiger partial charge in [-0.1, -0.05) is 46.8 Å². The first-order chi connectivity index (χ1) is 7.29. The second-order valence-electron chi connectivity index (χ2n) is 3.15. The van der Waals surface area contributed by atoms with Gasteiger partial charge >= 0.3 is 0 Å². The maximum Gasteiger partial charge on any atom is 0.254 e. The summed E-state index contributed by atoms with van der Waals surface area (Å²) >= 11 is 1.55. The zero-order valence-electron chi connectivity index (χ0n) is 9.09. The molecule has 0 unspecified atom stereocenters. The highest BCUT2D eigenvalue weighted by molar-refractivity contribution is 7.98. The lowest BCUT2D eigenvalue weighted by atomic mass is 10.2. The lowest BCUT2D eigenvalue weighted by molar-refractivity contribution is -0.734. The summed E-state index contributed by atoms with van der Waals surface area (Å²) in [6, 6.07) is 10.1. The highest BCUT2D eigenvalue weighted by Gasteiger charge is 2.08. The van der Waals surface area contributed by atoms with Crippen molar-refractivity contribution in [3.05, 3.63) is 36.5 Å². The van der Waals surface area contributed by atoms with Crippen LogP contribution in [0.2, 0.25) is 0 Å². The third-order valence-electron chi connectivity index (χ3n) is 2.02. The number of aromatic nitrogens is 3. The molecule has 0 aliphatic rings. The smallest absolute Gasteiger partial charge is 0.254 e. The SMILES string of the molecule is CSc1nc(-c2ccccc2)c[n+](C)n1.[I-]. The molecule has 0 spiro atoms. The molecule has 16 heavy (non-hydrogen) atoms. The molecule has 3 nitrogen and oxygen atoms in total. The van der Waals surface area contributed by atoms with E-state index in [1.54, 1.807) is 16.4 Å². The van der Waals surface area contributed by atoms with E-state index in [2.05, 4.69) is 10.1 Å². The van der Waals surface area contributed by atoms with Gasteiger partial charge in [0.25, 0.3) is 5.16 Å². The molecule has 5 heteroatoms. The average Bonchev–Trinajstić information content (AvgIpc) is 2.29. The van der Waals surface area contributed by atoms with Crippen LogP contribution in [0.3, 0.4) is 0 Å². The van der Waals surface area contributed by atoms with Crippen molar-refractivity contribution in [2.24, 2.45) is 7.05 Å². The normalized spacial score (nSPS) is 9.62. The Kier molecular flexibility index (Phi) is 5.14. The quantitative estimate of drug-likeness (QED) is 0.385. The first-order valence-electron chi connectivity index (χ1n) is 4.64. The third-order valence-corrected chi connectivity index (χ3v) is 2.56. The molecule has 0 aliphatic heterocycles. The van der Waals surface area contributed by atoms with Crippen LogP contribution in [-0.2, 0) is 7.05 Å². The lowest BCUT2D eigenvalue weighted by Crippen LogP contribution is -3.00. The van der Waals surface area contributed by atoms with Crippen molar-refractivity contribution in [2.75, 3.05) is 6.26 Å². The van der Waals surface area contributed by atoms with E-state index in [0.29, 0.717) is 0 Å². The Morgan fingerprint density at radius 3 is 2.50 bits per heavy atom. The maximum atomic E-state index is 4.45. The first kappa shape index (κ1) is 13.4. The molecule has 0 aliphatic carbocycles. The highest BCUT2D eigenvalue weighted by atomic mass is 127. The van der Waals surface area contributed by atoms with E-state index < -0.39 is 0 Å². The third kappa shape index (κ3) is 3.15.